The average Bonchev–Trinajstić information content (AvgIpc) is 3.15. The highest BCUT2D eigenvalue weighted by Gasteiger charge is 2.60. The summed E-state index contributed by atoms with van der Waals surface area (Å²) in [6, 6.07) is 4.49. The molecule has 3 aliphatic rings. The van der Waals surface area contributed by atoms with E-state index in [-0.39, 0.29) is 11.9 Å². The number of halogens is 1. The zero-order valence-electron chi connectivity index (χ0n) is 15.6. The second kappa shape index (κ2) is 7.56. The fraction of sp³-hybridized carbons (Fsp3) is 0.700. The van der Waals surface area contributed by atoms with Crippen LogP contribution in [0.15, 0.2) is 16.7 Å². The fourth-order valence-corrected chi connectivity index (χ4v) is 5.04. The minimum absolute atomic E-state index is 0.0678. The maximum absolute atomic E-state index is 12.8. The Morgan fingerprint density at radius 3 is 2.88 bits per heavy atom. The molecule has 0 aromatic carbocycles. The SMILES string of the molecule is CN1CCCCCCC[C@]23CC2N[C@@H](C3)C(=O)Nc2nc(Br)ccc2C1. The Morgan fingerprint density at radius 2 is 2.00 bits per heavy atom. The van der Waals surface area contributed by atoms with Gasteiger partial charge < -0.3 is 15.5 Å². The summed E-state index contributed by atoms with van der Waals surface area (Å²) < 4.78 is 0.757. The van der Waals surface area contributed by atoms with Gasteiger partial charge in [-0.25, -0.2) is 4.98 Å². The number of pyridine rings is 1. The maximum atomic E-state index is 12.8. The van der Waals surface area contributed by atoms with Crippen LogP contribution in [0, 0.1) is 5.41 Å². The van der Waals surface area contributed by atoms with Crippen LogP contribution in [0.25, 0.3) is 0 Å². The molecule has 1 aromatic rings. The zero-order chi connectivity index (χ0) is 18.1. The van der Waals surface area contributed by atoms with Crippen LogP contribution in [0.2, 0.25) is 0 Å². The van der Waals surface area contributed by atoms with E-state index in [4.69, 9.17) is 0 Å². The van der Waals surface area contributed by atoms with Gasteiger partial charge in [0.25, 0.3) is 0 Å². The monoisotopic (exact) mass is 420 g/mol. The largest absolute Gasteiger partial charge is 0.309 e. The number of hydrogen-bond acceptors (Lipinski definition) is 4. The quantitative estimate of drug-likeness (QED) is 0.628. The second-order valence-electron chi connectivity index (χ2n) is 8.43. The Hall–Kier alpha value is -0.980. The third kappa shape index (κ3) is 3.97. The molecule has 1 aromatic heterocycles. The second-order valence-corrected chi connectivity index (χ2v) is 9.24. The third-order valence-electron chi connectivity index (χ3n) is 6.36. The first kappa shape index (κ1) is 18.4. The van der Waals surface area contributed by atoms with Crippen molar-refractivity contribution in [2.75, 3.05) is 18.9 Å². The number of fused-ring (bicyclic) bond motifs is 2. The third-order valence-corrected chi connectivity index (χ3v) is 6.80. The van der Waals surface area contributed by atoms with E-state index < -0.39 is 0 Å². The van der Waals surface area contributed by atoms with Gasteiger partial charge in [-0.05, 0) is 66.7 Å². The van der Waals surface area contributed by atoms with Gasteiger partial charge in [0.1, 0.15) is 10.4 Å². The number of amides is 1. The molecule has 26 heavy (non-hydrogen) atoms. The first-order valence-corrected chi connectivity index (χ1v) is 10.8. The first-order valence-electron chi connectivity index (χ1n) is 9.97. The molecule has 0 radical (unpaired) electrons. The first-order chi connectivity index (χ1) is 12.6. The molecule has 142 valence electrons. The molecule has 6 heteroatoms. The topological polar surface area (TPSA) is 57.3 Å². The van der Waals surface area contributed by atoms with Crippen molar-refractivity contribution < 1.29 is 4.79 Å². The highest BCUT2D eigenvalue weighted by atomic mass is 79.9. The molecule has 1 saturated carbocycles. The van der Waals surface area contributed by atoms with E-state index in [1.807, 2.05) is 6.07 Å². The zero-order valence-corrected chi connectivity index (χ0v) is 17.1. The molecule has 2 fully saturated rings. The summed E-state index contributed by atoms with van der Waals surface area (Å²) >= 11 is 3.44. The lowest BCUT2D eigenvalue weighted by molar-refractivity contribution is -0.118. The molecule has 1 amide bonds. The van der Waals surface area contributed by atoms with Crippen LogP contribution in [0.4, 0.5) is 5.82 Å². The lowest BCUT2D eigenvalue weighted by atomic mass is 9.92. The number of hydrogen-bond donors (Lipinski definition) is 2. The van der Waals surface area contributed by atoms with E-state index in [0.29, 0.717) is 17.3 Å². The molecule has 1 saturated heterocycles. The van der Waals surface area contributed by atoms with Crippen molar-refractivity contribution in [3.05, 3.63) is 22.3 Å². The number of carbonyl (C=O) groups is 1. The summed E-state index contributed by atoms with van der Waals surface area (Å²) in [5.74, 6) is 0.762. The van der Waals surface area contributed by atoms with E-state index in [1.54, 1.807) is 0 Å². The lowest BCUT2D eigenvalue weighted by Crippen LogP contribution is -2.38. The van der Waals surface area contributed by atoms with Crippen LogP contribution < -0.4 is 10.6 Å². The number of aromatic nitrogens is 1. The summed E-state index contributed by atoms with van der Waals surface area (Å²) in [5, 5.41) is 6.65. The number of nitrogens with one attached hydrogen (secondary N) is 2. The molecule has 3 heterocycles. The Morgan fingerprint density at radius 1 is 1.19 bits per heavy atom. The lowest BCUT2D eigenvalue weighted by Gasteiger charge is -2.21. The van der Waals surface area contributed by atoms with Crippen molar-refractivity contribution in [2.45, 2.75) is 70.0 Å². The highest BCUT2D eigenvalue weighted by molar-refractivity contribution is 9.10. The van der Waals surface area contributed by atoms with E-state index >= 15 is 0 Å². The maximum Gasteiger partial charge on any atom is 0.242 e. The molecule has 1 aliphatic carbocycles. The smallest absolute Gasteiger partial charge is 0.242 e. The summed E-state index contributed by atoms with van der Waals surface area (Å²) in [7, 11) is 2.15. The van der Waals surface area contributed by atoms with Gasteiger partial charge >= 0.3 is 0 Å². The van der Waals surface area contributed by atoms with E-state index in [9.17, 15) is 4.79 Å². The van der Waals surface area contributed by atoms with Crippen LogP contribution in [-0.2, 0) is 11.3 Å². The van der Waals surface area contributed by atoms with Crippen molar-refractivity contribution in [3.63, 3.8) is 0 Å². The summed E-state index contributed by atoms with van der Waals surface area (Å²) in [5.41, 5.74) is 1.47. The Bertz CT molecular complexity index is 682. The predicted molar refractivity (Wildman–Crippen MR) is 107 cm³/mol. The Balaban J connectivity index is 1.53. The predicted octanol–water partition coefficient (Wildman–Crippen LogP) is 3.69. The van der Waals surface area contributed by atoms with Gasteiger partial charge in [-0.3, -0.25) is 4.79 Å². The normalized spacial score (nSPS) is 33.2. The van der Waals surface area contributed by atoms with Crippen molar-refractivity contribution in [2.24, 2.45) is 5.41 Å². The van der Waals surface area contributed by atoms with Gasteiger partial charge in [0.05, 0.1) is 6.04 Å². The number of nitrogens with zero attached hydrogens (tertiary/aromatic N) is 2. The standard InChI is InChI=1S/C20H29BrN4O/c1-25-10-6-4-2-3-5-9-20-11-15(22-16(20)12-20)19(26)24-18-14(13-25)7-8-17(21)23-18/h7-8,15-16,22H,2-6,9-13H2,1H3,(H,23,24,26)/t15-,16?,20-/m0/s1. The van der Waals surface area contributed by atoms with Crippen LogP contribution in [-0.4, -0.2) is 41.5 Å². The summed E-state index contributed by atoms with van der Waals surface area (Å²) in [6.45, 7) is 1.89. The van der Waals surface area contributed by atoms with Crippen LogP contribution in [0.5, 0.6) is 0 Å². The van der Waals surface area contributed by atoms with Gasteiger partial charge in [-0.15, -0.1) is 0 Å². The van der Waals surface area contributed by atoms with Crippen molar-refractivity contribution in [1.82, 2.24) is 15.2 Å². The molecule has 2 N–H and O–H groups in total. The average molecular weight is 421 g/mol. The van der Waals surface area contributed by atoms with Crippen LogP contribution in [0.1, 0.15) is 56.9 Å². The Labute approximate surface area is 164 Å². The van der Waals surface area contributed by atoms with Crippen LogP contribution >= 0.6 is 15.9 Å². The number of piperidine rings is 1. The summed E-state index contributed by atoms with van der Waals surface area (Å²) in [6.07, 6.45) is 10.0. The Kier molecular flexibility index (Phi) is 5.35. The number of rotatable bonds is 0. The van der Waals surface area contributed by atoms with Crippen molar-refractivity contribution in [3.8, 4) is 0 Å². The minimum atomic E-state index is -0.0759. The molecular formula is C20H29BrN4O. The molecule has 3 atom stereocenters. The van der Waals surface area contributed by atoms with E-state index in [0.717, 1.165) is 29.7 Å². The number of anilines is 1. The molecule has 4 rings (SSSR count). The summed E-state index contributed by atoms with van der Waals surface area (Å²) in [4.78, 5) is 19.7. The number of carbonyl (C=O) groups excluding carboxylic acids is 1. The van der Waals surface area contributed by atoms with Gasteiger partial charge in [0.2, 0.25) is 5.91 Å². The molecule has 1 spiro atoms. The van der Waals surface area contributed by atoms with Gasteiger partial charge in [-0.2, -0.15) is 0 Å². The van der Waals surface area contributed by atoms with Gasteiger partial charge in [-0.1, -0.05) is 31.7 Å². The minimum Gasteiger partial charge on any atom is -0.309 e. The van der Waals surface area contributed by atoms with Crippen molar-refractivity contribution >= 4 is 27.7 Å². The molecule has 1 unspecified atom stereocenters. The van der Waals surface area contributed by atoms with E-state index in [2.05, 4.69) is 49.6 Å². The molecule has 2 aliphatic heterocycles. The van der Waals surface area contributed by atoms with E-state index in [1.165, 1.54) is 44.9 Å². The highest BCUT2D eigenvalue weighted by Crippen LogP contribution is 2.57. The molecule has 5 nitrogen and oxygen atoms in total. The van der Waals surface area contributed by atoms with Gasteiger partial charge in [0.15, 0.2) is 0 Å². The molecular weight excluding hydrogens is 392 g/mol. The van der Waals surface area contributed by atoms with Crippen LogP contribution in [0.3, 0.4) is 0 Å². The van der Waals surface area contributed by atoms with Crippen molar-refractivity contribution in [1.29, 1.82) is 0 Å². The fourth-order valence-electron chi connectivity index (χ4n) is 4.73. The van der Waals surface area contributed by atoms with Gasteiger partial charge in [0, 0.05) is 18.2 Å². The molecule has 2 bridgehead atoms.